The summed E-state index contributed by atoms with van der Waals surface area (Å²) in [6, 6.07) is 1.25. The molecule has 36 heavy (non-hydrogen) atoms. The number of para-hydroxylation sites is 1. The summed E-state index contributed by atoms with van der Waals surface area (Å²) < 4.78 is 0. The van der Waals surface area contributed by atoms with Crippen LogP contribution in [0, 0.1) is 0 Å². The molecule has 0 saturated carbocycles. The van der Waals surface area contributed by atoms with Crippen LogP contribution < -0.4 is 27.4 Å². The number of primary amides is 1. The van der Waals surface area contributed by atoms with E-state index in [1.54, 1.807) is 24.4 Å². The summed E-state index contributed by atoms with van der Waals surface area (Å²) in [5.41, 5.74) is 12.3. The molecule has 0 saturated heterocycles. The first kappa shape index (κ1) is 28.2. The van der Waals surface area contributed by atoms with E-state index in [4.69, 9.17) is 21.7 Å². The molecule has 0 radical (unpaired) electrons. The van der Waals surface area contributed by atoms with E-state index in [2.05, 4.69) is 15.6 Å². The smallest absolute Gasteiger partial charge is 0.328 e. The van der Waals surface area contributed by atoms with Gasteiger partial charge in [-0.3, -0.25) is 19.2 Å². The maximum absolute atomic E-state index is 13.2. The molecule has 0 aliphatic carbocycles. The lowest BCUT2D eigenvalue weighted by molar-refractivity contribution is -0.143. The van der Waals surface area contributed by atoms with Crippen molar-refractivity contribution in [3.8, 4) is 0 Å². The highest BCUT2D eigenvalue weighted by molar-refractivity contribution is 5.96. The molecule has 5 unspecified atom stereocenters. The zero-order chi connectivity index (χ0) is 27.0. The van der Waals surface area contributed by atoms with Crippen molar-refractivity contribution in [1.29, 1.82) is 0 Å². The second-order valence-corrected chi connectivity index (χ2v) is 8.20. The zero-order valence-corrected chi connectivity index (χ0v) is 19.4. The number of carboxylic acid groups (broad SMARTS) is 1. The van der Waals surface area contributed by atoms with Gasteiger partial charge in [0.2, 0.25) is 23.6 Å². The van der Waals surface area contributed by atoms with Crippen molar-refractivity contribution in [3.05, 3.63) is 36.0 Å². The van der Waals surface area contributed by atoms with Crippen molar-refractivity contribution in [2.24, 2.45) is 11.5 Å². The number of carboxylic acids is 1. The van der Waals surface area contributed by atoms with Gasteiger partial charge in [-0.2, -0.15) is 0 Å². The minimum Gasteiger partial charge on any atom is -0.480 e. The van der Waals surface area contributed by atoms with Crippen LogP contribution in [0.15, 0.2) is 30.5 Å². The molecule has 11 N–H and O–H groups in total. The fourth-order valence-corrected chi connectivity index (χ4v) is 3.36. The first-order chi connectivity index (χ1) is 16.9. The number of hydrogen-bond donors (Lipinski definition) is 9. The van der Waals surface area contributed by atoms with Crippen LogP contribution in [-0.2, 0) is 30.4 Å². The van der Waals surface area contributed by atoms with Gasteiger partial charge in [-0.15, -0.1) is 0 Å². The van der Waals surface area contributed by atoms with Crippen molar-refractivity contribution < 1.29 is 39.3 Å². The number of rotatable bonds is 13. The van der Waals surface area contributed by atoms with Crippen molar-refractivity contribution in [1.82, 2.24) is 20.9 Å². The van der Waals surface area contributed by atoms with Gasteiger partial charge in [-0.05, 0) is 18.6 Å². The third-order valence-electron chi connectivity index (χ3n) is 5.39. The number of aromatic amines is 1. The number of nitrogens with two attached hydrogens (primary N) is 2. The number of nitrogens with one attached hydrogen (secondary N) is 4. The number of carbonyl (C=O) groups is 5. The highest BCUT2D eigenvalue weighted by atomic mass is 16.4. The number of carbonyl (C=O) groups excluding carboxylic acids is 4. The Morgan fingerprint density at radius 3 is 2.14 bits per heavy atom. The van der Waals surface area contributed by atoms with Gasteiger partial charge < -0.3 is 47.7 Å². The van der Waals surface area contributed by atoms with Crippen LogP contribution in [-0.4, -0.2) is 86.8 Å². The Kier molecular flexibility index (Phi) is 9.90. The summed E-state index contributed by atoms with van der Waals surface area (Å²) in [5.74, 6) is -5.33. The van der Waals surface area contributed by atoms with E-state index in [0.717, 1.165) is 10.9 Å². The van der Waals surface area contributed by atoms with Crippen LogP contribution in [0.2, 0.25) is 0 Å². The summed E-state index contributed by atoms with van der Waals surface area (Å²) in [4.78, 5) is 63.9. The molecule has 14 heteroatoms. The van der Waals surface area contributed by atoms with Crippen LogP contribution in [0.25, 0.3) is 10.9 Å². The van der Waals surface area contributed by atoms with Crippen molar-refractivity contribution in [2.75, 3.05) is 6.61 Å². The van der Waals surface area contributed by atoms with E-state index < -0.39 is 72.9 Å². The molecule has 1 aromatic heterocycles. The SMILES string of the molecule is CC(O)C(N)C(=O)NC(Cc1c[nH]c2ccccc12)C(=O)NC(CC(N)=O)C(=O)NC(CO)C(=O)O. The van der Waals surface area contributed by atoms with Gasteiger partial charge in [-0.25, -0.2) is 4.79 Å². The molecule has 2 aromatic rings. The van der Waals surface area contributed by atoms with Crippen molar-refractivity contribution >= 4 is 40.5 Å². The highest BCUT2D eigenvalue weighted by Gasteiger charge is 2.32. The van der Waals surface area contributed by atoms with Gasteiger partial charge in [0.25, 0.3) is 0 Å². The Balaban J connectivity index is 2.31. The average Bonchev–Trinajstić information content (AvgIpc) is 3.23. The fraction of sp³-hybridized carbons (Fsp3) is 0.409. The zero-order valence-electron chi connectivity index (χ0n) is 19.4. The summed E-state index contributed by atoms with van der Waals surface area (Å²) in [6.45, 7) is 0.362. The first-order valence-electron chi connectivity index (χ1n) is 11.0. The van der Waals surface area contributed by atoms with Crippen molar-refractivity contribution in [2.45, 2.75) is 50.0 Å². The second kappa shape index (κ2) is 12.6. The summed E-state index contributed by atoms with van der Waals surface area (Å²) in [5, 5.41) is 35.3. The standard InChI is InChI=1S/C22H30N6O8/c1-10(30)18(24)21(34)27-14(6-11-8-25-13-5-3-2-4-12(11)13)19(32)26-15(7-17(23)31)20(33)28-16(9-29)22(35)36/h2-5,8,10,14-16,18,25,29-30H,6-7,9,24H2,1H3,(H2,23,31)(H,26,32)(H,27,34)(H,28,33)(H,35,36). The lowest BCUT2D eigenvalue weighted by Gasteiger charge is -2.25. The Bertz CT molecular complexity index is 1120. The highest BCUT2D eigenvalue weighted by Crippen LogP contribution is 2.19. The monoisotopic (exact) mass is 506 g/mol. The molecule has 1 aromatic carbocycles. The number of H-pyrrole nitrogens is 1. The fourth-order valence-electron chi connectivity index (χ4n) is 3.36. The lowest BCUT2D eigenvalue weighted by Crippen LogP contribution is -2.59. The number of fused-ring (bicyclic) bond motifs is 1. The predicted molar refractivity (Wildman–Crippen MR) is 126 cm³/mol. The van der Waals surface area contributed by atoms with E-state index in [1.807, 2.05) is 11.4 Å². The molecule has 0 aliphatic rings. The number of aromatic nitrogens is 1. The Labute approximate surface area is 205 Å². The minimum atomic E-state index is -1.68. The van der Waals surface area contributed by atoms with Crippen LogP contribution in [0.4, 0.5) is 0 Å². The molecule has 0 spiro atoms. The number of aliphatic hydroxyl groups is 2. The number of amides is 4. The molecule has 2 rings (SSSR count). The molecule has 0 bridgehead atoms. The molecule has 4 amide bonds. The number of aliphatic carboxylic acids is 1. The van der Waals surface area contributed by atoms with E-state index in [9.17, 15) is 29.1 Å². The summed E-state index contributed by atoms with van der Waals surface area (Å²) in [6.07, 6.45) is -0.330. The van der Waals surface area contributed by atoms with Crippen LogP contribution in [0.1, 0.15) is 18.9 Å². The quantitative estimate of drug-likeness (QED) is 0.133. The molecule has 0 fully saturated rings. The Morgan fingerprint density at radius 2 is 1.56 bits per heavy atom. The van der Waals surface area contributed by atoms with Gasteiger partial charge >= 0.3 is 5.97 Å². The van der Waals surface area contributed by atoms with Crippen LogP contribution in [0.3, 0.4) is 0 Å². The summed E-state index contributed by atoms with van der Waals surface area (Å²) in [7, 11) is 0. The number of aliphatic hydroxyl groups excluding tert-OH is 2. The summed E-state index contributed by atoms with van der Waals surface area (Å²) >= 11 is 0. The molecular weight excluding hydrogens is 476 g/mol. The number of hydrogen-bond acceptors (Lipinski definition) is 8. The third-order valence-corrected chi connectivity index (χ3v) is 5.39. The van der Waals surface area contributed by atoms with Gasteiger partial charge in [-0.1, -0.05) is 18.2 Å². The molecular formula is C22H30N6O8. The van der Waals surface area contributed by atoms with E-state index in [0.29, 0.717) is 5.56 Å². The molecule has 0 aliphatic heterocycles. The van der Waals surface area contributed by atoms with Gasteiger partial charge in [0.05, 0.1) is 19.1 Å². The maximum Gasteiger partial charge on any atom is 0.328 e. The van der Waals surface area contributed by atoms with Gasteiger partial charge in [0, 0.05) is 23.5 Å². The molecule has 196 valence electrons. The van der Waals surface area contributed by atoms with Gasteiger partial charge in [0.1, 0.15) is 24.2 Å². The minimum absolute atomic E-state index is 0.0621. The van der Waals surface area contributed by atoms with E-state index in [1.165, 1.54) is 6.92 Å². The van der Waals surface area contributed by atoms with Crippen LogP contribution in [0.5, 0.6) is 0 Å². The first-order valence-corrected chi connectivity index (χ1v) is 11.0. The Morgan fingerprint density at radius 1 is 0.972 bits per heavy atom. The lowest BCUT2D eigenvalue weighted by atomic mass is 10.0. The van der Waals surface area contributed by atoms with Crippen molar-refractivity contribution in [3.63, 3.8) is 0 Å². The average molecular weight is 507 g/mol. The maximum atomic E-state index is 13.2. The molecule has 1 heterocycles. The molecule has 5 atom stereocenters. The molecule has 14 nitrogen and oxygen atoms in total. The van der Waals surface area contributed by atoms with Gasteiger partial charge in [0.15, 0.2) is 0 Å². The largest absolute Gasteiger partial charge is 0.480 e. The van der Waals surface area contributed by atoms with E-state index in [-0.39, 0.29) is 6.42 Å². The third kappa shape index (κ3) is 7.49. The second-order valence-electron chi connectivity index (χ2n) is 8.20. The Hall–Kier alpha value is -4.01. The van der Waals surface area contributed by atoms with E-state index >= 15 is 0 Å². The van der Waals surface area contributed by atoms with Crippen LogP contribution >= 0.6 is 0 Å². The number of benzene rings is 1. The normalized spacial score (nSPS) is 15.2. The predicted octanol–water partition coefficient (Wildman–Crippen LogP) is -3.17. The topological polar surface area (TPSA) is 250 Å².